The lowest BCUT2D eigenvalue weighted by atomic mass is 10.1. The lowest BCUT2D eigenvalue weighted by Gasteiger charge is -2.21. The van der Waals surface area contributed by atoms with Crippen LogP contribution in [0, 0.1) is 5.21 Å². The predicted octanol–water partition coefficient (Wildman–Crippen LogP) is 0.896. The molecule has 0 saturated heterocycles. The van der Waals surface area contributed by atoms with E-state index in [2.05, 4.69) is 0 Å². The Labute approximate surface area is 88.6 Å². The highest BCUT2D eigenvalue weighted by Crippen LogP contribution is 2.13. The Morgan fingerprint density at radius 2 is 2.07 bits per heavy atom. The summed E-state index contributed by atoms with van der Waals surface area (Å²) in [7, 11) is 1.60. The van der Waals surface area contributed by atoms with Gasteiger partial charge in [-0.15, -0.1) is 0 Å². The van der Waals surface area contributed by atoms with Crippen molar-refractivity contribution in [3.63, 3.8) is 0 Å². The van der Waals surface area contributed by atoms with E-state index in [9.17, 15) is 5.21 Å². The number of hydrogen-bond acceptors (Lipinski definition) is 5. The largest absolute Gasteiger partial charge is 0.733 e. The Kier molecular flexibility index (Phi) is 4.51. The van der Waals surface area contributed by atoms with Crippen molar-refractivity contribution in [2.75, 3.05) is 18.9 Å². The van der Waals surface area contributed by atoms with Crippen LogP contribution in [0.5, 0.6) is 0 Å². The molecule has 0 fully saturated rings. The zero-order chi connectivity index (χ0) is 11.3. The third kappa shape index (κ3) is 3.85. The van der Waals surface area contributed by atoms with E-state index in [-0.39, 0.29) is 17.0 Å². The van der Waals surface area contributed by atoms with Crippen molar-refractivity contribution in [2.24, 2.45) is 5.73 Å². The van der Waals surface area contributed by atoms with Crippen molar-refractivity contribution in [3.8, 4) is 0 Å². The van der Waals surface area contributed by atoms with Gasteiger partial charge in [-0.3, -0.25) is 5.21 Å². The van der Waals surface area contributed by atoms with Crippen LogP contribution in [-0.4, -0.2) is 25.0 Å². The second-order valence-corrected chi connectivity index (χ2v) is 3.36. The van der Waals surface area contributed by atoms with Gasteiger partial charge in [-0.1, -0.05) is 12.1 Å². The molecule has 0 aliphatic heterocycles. The molecule has 0 aromatic heterocycles. The number of anilines is 1. The van der Waals surface area contributed by atoms with Gasteiger partial charge in [-0.25, -0.2) is 0 Å². The highest BCUT2D eigenvalue weighted by Gasteiger charge is 2.03. The summed E-state index contributed by atoms with van der Waals surface area (Å²) in [6.07, 6.45) is 0.679. The second kappa shape index (κ2) is 5.67. The summed E-state index contributed by atoms with van der Waals surface area (Å²) in [5.41, 5.74) is 6.98. The molecule has 0 saturated carbocycles. The van der Waals surface area contributed by atoms with Crippen molar-refractivity contribution in [1.29, 1.82) is 0 Å². The fourth-order valence-electron chi connectivity index (χ4n) is 1.34. The van der Waals surface area contributed by atoms with Crippen molar-refractivity contribution >= 4 is 5.69 Å². The minimum Gasteiger partial charge on any atom is -0.733 e. The summed E-state index contributed by atoms with van der Waals surface area (Å²) in [5, 5.41) is 19.0. The fraction of sp³-hybridized carbons (Fsp3) is 0.400. The Morgan fingerprint density at radius 1 is 1.47 bits per heavy atom. The molecule has 0 aliphatic carbocycles. The maximum atomic E-state index is 10.5. The molecule has 1 rings (SSSR count). The van der Waals surface area contributed by atoms with Gasteiger partial charge in [0, 0.05) is 13.2 Å². The molecule has 1 atom stereocenters. The molecule has 84 valence electrons. The standard InChI is InChI=1S/C10H15N2O3/c1-15-7-9(11)6-8-2-4-10(5-3-8)12(13)14/h2-5,9,13H,6-7,11H2,1H3/q-1/t9-/m0/s1. The van der Waals surface area contributed by atoms with E-state index in [0.29, 0.717) is 13.0 Å². The van der Waals surface area contributed by atoms with Gasteiger partial charge < -0.3 is 20.9 Å². The van der Waals surface area contributed by atoms with Crippen molar-refractivity contribution in [2.45, 2.75) is 12.5 Å². The Bertz CT molecular complexity index is 287. The molecule has 3 N–H and O–H groups in total. The molecule has 0 spiro atoms. The molecule has 15 heavy (non-hydrogen) atoms. The van der Waals surface area contributed by atoms with E-state index >= 15 is 0 Å². The van der Waals surface area contributed by atoms with Gasteiger partial charge in [-0.05, 0) is 24.1 Å². The van der Waals surface area contributed by atoms with Crippen LogP contribution in [0.25, 0.3) is 0 Å². The molecule has 5 heteroatoms. The van der Waals surface area contributed by atoms with E-state index in [4.69, 9.17) is 15.7 Å². The van der Waals surface area contributed by atoms with Crippen molar-refractivity contribution in [1.82, 2.24) is 0 Å². The molecular formula is C10H15N2O3-. The molecule has 1 aromatic rings. The fourth-order valence-corrected chi connectivity index (χ4v) is 1.34. The SMILES string of the molecule is COC[C@@H](N)Cc1ccc(N([O-])O)cc1. The molecule has 0 unspecified atom stereocenters. The summed E-state index contributed by atoms with van der Waals surface area (Å²) in [5.74, 6) is 0. The zero-order valence-electron chi connectivity index (χ0n) is 8.59. The van der Waals surface area contributed by atoms with E-state index in [1.165, 1.54) is 0 Å². The van der Waals surface area contributed by atoms with Crippen LogP contribution in [0.1, 0.15) is 5.56 Å². The van der Waals surface area contributed by atoms with Gasteiger partial charge in [-0.2, -0.15) is 0 Å². The first-order valence-electron chi connectivity index (χ1n) is 4.63. The second-order valence-electron chi connectivity index (χ2n) is 3.36. The topological polar surface area (TPSA) is 81.8 Å². The average molecular weight is 211 g/mol. The van der Waals surface area contributed by atoms with Crippen LogP contribution in [0.2, 0.25) is 0 Å². The summed E-state index contributed by atoms with van der Waals surface area (Å²) in [6, 6.07) is 6.54. The third-order valence-electron chi connectivity index (χ3n) is 2.04. The minimum atomic E-state index is -0.168. The number of ether oxygens (including phenoxy) is 1. The highest BCUT2D eigenvalue weighted by molar-refractivity contribution is 5.45. The molecule has 5 nitrogen and oxygen atoms in total. The van der Waals surface area contributed by atoms with Gasteiger partial charge in [0.15, 0.2) is 0 Å². The van der Waals surface area contributed by atoms with Gasteiger partial charge in [0.25, 0.3) is 0 Å². The zero-order valence-corrected chi connectivity index (χ0v) is 8.59. The summed E-state index contributed by atoms with van der Waals surface area (Å²) < 4.78 is 4.91. The maximum Gasteiger partial charge on any atom is 0.0616 e. The number of methoxy groups -OCH3 is 1. The first-order chi connectivity index (χ1) is 7.13. The van der Waals surface area contributed by atoms with Gasteiger partial charge >= 0.3 is 0 Å². The number of hydrogen-bond donors (Lipinski definition) is 2. The van der Waals surface area contributed by atoms with E-state index in [1.807, 2.05) is 0 Å². The Morgan fingerprint density at radius 3 is 2.53 bits per heavy atom. The van der Waals surface area contributed by atoms with Crippen LogP contribution >= 0.6 is 0 Å². The van der Waals surface area contributed by atoms with Crippen LogP contribution in [0.3, 0.4) is 0 Å². The third-order valence-corrected chi connectivity index (χ3v) is 2.04. The van der Waals surface area contributed by atoms with Gasteiger partial charge in [0.05, 0.1) is 12.3 Å². The normalized spacial score (nSPS) is 12.5. The molecule has 0 amide bonds. The molecule has 0 heterocycles. The summed E-state index contributed by atoms with van der Waals surface area (Å²) in [4.78, 5) is 0. The van der Waals surface area contributed by atoms with Gasteiger partial charge in [0.2, 0.25) is 0 Å². The average Bonchev–Trinajstić information content (AvgIpc) is 2.18. The summed E-state index contributed by atoms with van der Waals surface area (Å²) in [6.45, 7) is 0.495. The minimum absolute atomic E-state index is 0.0571. The molecule has 0 radical (unpaired) electrons. The maximum absolute atomic E-state index is 10.5. The first kappa shape index (κ1) is 11.9. The first-order valence-corrected chi connectivity index (χ1v) is 4.63. The van der Waals surface area contributed by atoms with Crippen LogP contribution in [0.4, 0.5) is 5.69 Å². The quantitative estimate of drug-likeness (QED) is 0.707. The number of benzene rings is 1. The molecule has 0 aliphatic rings. The Hall–Kier alpha value is -1.14. The number of nitrogens with two attached hydrogens (primary N) is 1. The molecule has 1 aromatic carbocycles. The van der Waals surface area contributed by atoms with Crippen LogP contribution < -0.4 is 11.0 Å². The number of rotatable bonds is 5. The summed E-state index contributed by atoms with van der Waals surface area (Å²) >= 11 is 0. The lowest BCUT2D eigenvalue weighted by molar-refractivity contribution is 0.180. The van der Waals surface area contributed by atoms with Crippen LogP contribution in [0.15, 0.2) is 24.3 Å². The lowest BCUT2D eigenvalue weighted by Crippen LogP contribution is -2.27. The Balaban J connectivity index is 2.56. The molecular weight excluding hydrogens is 196 g/mol. The van der Waals surface area contributed by atoms with E-state index in [1.54, 1.807) is 31.4 Å². The van der Waals surface area contributed by atoms with Crippen LogP contribution in [-0.2, 0) is 11.2 Å². The number of nitrogens with zero attached hydrogens (tertiary/aromatic N) is 1. The predicted molar refractivity (Wildman–Crippen MR) is 57.6 cm³/mol. The smallest absolute Gasteiger partial charge is 0.0616 e. The van der Waals surface area contributed by atoms with E-state index in [0.717, 1.165) is 5.56 Å². The highest BCUT2D eigenvalue weighted by atomic mass is 16.8. The monoisotopic (exact) mass is 211 g/mol. The van der Waals surface area contributed by atoms with Gasteiger partial charge in [0.1, 0.15) is 0 Å². The van der Waals surface area contributed by atoms with Crippen molar-refractivity contribution in [3.05, 3.63) is 35.0 Å². The molecule has 0 bridgehead atoms. The van der Waals surface area contributed by atoms with Crippen molar-refractivity contribution < 1.29 is 9.94 Å². The van der Waals surface area contributed by atoms with E-state index < -0.39 is 0 Å².